The van der Waals surface area contributed by atoms with Crippen molar-refractivity contribution in [1.82, 2.24) is 9.80 Å². The average molecular weight is 458 g/mol. The van der Waals surface area contributed by atoms with E-state index in [4.69, 9.17) is 4.74 Å². The number of ether oxygens (including phenoxy) is 1. The molecule has 0 aliphatic carbocycles. The van der Waals surface area contributed by atoms with Crippen molar-refractivity contribution in [3.05, 3.63) is 59.2 Å². The SMILES string of the molecule is COc1ccc(CN2CCCN(C(=O)c3ccc4c(c3)CC(C)N4S(C)(=O)=O)CC2)cc1. The van der Waals surface area contributed by atoms with E-state index in [2.05, 4.69) is 17.0 Å². The minimum Gasteiger partial charge on any atom is -0.497 e. The topological polar surface area (TPSA) is 70.2 Å². The predicted molar refractivity (Wildman–Crippen MR) is 126 cm³/mol. The Labute approximate surface area is 190 Å². The monoisotopic (exact) mass is 457 g/mol. The smallest absolute Gasteiger partial charge is 0.253 e. The van der Waals surface area contributed by atoms with Crippen LogP contribution in [0, 0.1) is 0 Å². The van der Waals surface area contributed by atoms with Crippen molar-refractivity contribution < 1.29 is 17.9 Å². The zero-order valence-corrected chi connectivity index (χ0v) is 19.8. The standard InChI is InChI=1S/C24H31N3O4S/c1-18-15-21-16-20(7-10-23(21)27(18)32(3,29)30)24(28)26-12-4-11-25(13-14-26)17-19-5-8-22(31-2)9-6-19/h5-10,16,18H,4,11-15,17H2,1-3H3. The first kappa shape index (κ1) is 22.6. The summed E-state index contributed by atoms with van der Waals surface area (Å²) in [7, 11) is -1.67. The fourth-order valence-electron chi connectivity index (χ4n) is 4.74. The van der Waals surface area contributed by atoms with Crippen LogP contribution in [-0.2, 0) is 23.0 Å². The zero-order chi connectivity index (χ0) is 22.9. The number of sulfonamides is 1. The molecule has 2 aliphatic rings. The zero-order valence-electron chi connectivity index (χ0n) is 19.0. The third-order valence-corrected chi connectivity index (χ3v) is 7.55. The number of fused-ring (bicyclic) bond motifs is 1. The summed E-state index contributed by atoms with van der Waals surface area (Å²) in [5, 5.41) is 0. The van der Waals surface area contributed by atoms with Crippen molar-refractivity contribution in [2.75, 3.05) is 43.8 Å². The van der Waals surface area contributed by atoms with E-state index in [1.165, 1.54) is 16.1 Å². The average Bonchev–Trinajstić information content (AvgIpc) is 2.93. The summed E-state index contributed by atoms with van der Waals surface area (Å²) in [5.41, 5.74) is 3.48. The van der Waals surface area contributed by atoms with Crippen LogP contribution < -0.4 is 9.04 Å². The van der Waals surface area contributed by atoms with Gasteiger partial charge in [-0.1, -0.05) is 12.1 Å². The number of amides is 1. The van der Waals surface area contributed by atoms with Gasteiger partial charge in [0.15, 0.2) is 0 Å². The summed E-state index contributed by atoms with van der Waals surface area (Å²) < 4.78 is 31.0. The number of carbonyl (C=O) groups is 1. The van der Waals surface area contributed by atoms with E-state index in [0.29, 0.717) is 24.2 Å². The maximum atomic E-state index is 13.2. The second kappa shape index (κ2) is 9.11. The Morgan fingerprint density at radius 3 is 2.50 bits per heavy atom. The number of hydrogen-bond acceptors (Lipinski definition) is 5. The minimum atomic E-state index is -3.33. The molecule has 0 aromatic heterocycles. The van der Waals surface area contributed by atoms with Crippen molar-refractivity contribution in [1.29, 1.82) is 0 Å². The number of methoxy groups -OCH3 is 1. The van der Waals surface area contributed by atoms with Crippen LogP contribution in [0.5, 0.6) is 5.75 Å². The first-order chi connectivity index (χ1) is 15.3. The first-order valence-electron chi connectivity index (χ1n) is 11.0. The fourth-order valence-corrected chi connectivity index (χ4v) is 6.01. The van der Waals surface area contributed by atoms with Crippen LogP contribution in [0.15, 0.2) is 42.5 Å². The van der Waals surface area contributed by atoms with Gasteiger partial charge in [0.05, 0.1) is 19.1 Å². The van der Waals surface area contributed by atoms with E-state index < -0.39 is 10.0 Å². The highest BCUT2D eigenvalue weighted by Gasteiger charge is 2.33. The van der Waals surface area contributed by atoms with Crippen molar-refractivity contribution in [2.45, 2.75) is 32.4 Å². The summed E-state index contributed by atoms with van der Waals surface area (Å²) in [4.78, 5) is 17.5. The Morgan fingerprint density at radius 1 is 1.06 bits per heavy atom. The molecule has 0 spiro atoms. The van der Waals surface area contributed by atoms with Crippen molar-refractivity contribution in [2.24, 2.45) is 0 Å². The molecule has 0 radical (unpaired) electrons. The van der Waals surface area contributed by atoms with E-state index in [-0.39, 0.29) is 11.9 Å². The van der Waals surface area contributed by atoms with Crippen LogP contribution in [0.3, 0.4) is 0 Å². The van der Waals surface area contributed by atoms with E-state index in [0.717, 1.165) is 43.9 Å². The van der Waals surface area contributed by atoms with Crippen LogP contribution in [0.25, 0.3) is 0 Å². The van der Waals surface area contributed by atoms with E-state index in [1.807, 2.05) is 30.0 Å². The highest BCUT2D eigenvalue weighted by atomic mass is 32.2. The van der Waals surface area contributed by atoms with Gasteiger partial charge < -0.3 is 9.64 Å². The molecule has 2 heterocycles. The van der Waals surface area contributed by atoms with E-state index in [9.17, 15) is 13.2 Å². The Kier molecular flexibility index (Phi) is 6.44. The lowest BCUT2D eigenvalue weighted by Crippen LogP contribution is -2.35. The minimum absolute atomic E-state index is 0.0181. The number of anilines is 1. The first-order valence-corrected chi connectivity index (χ1v) is 12.9. The molecule has 32 heavy (non-hydrogen) atoms. The Balaban J connectivity index is 1.41. The molecule has 2 aromatic rings. The molecular weight excluding hydrogens is 426 g/mol. The van der Waals surface area contributed by atoms with Crippen molar-refractivity contribution in [3.63, 3.8) is 0 Å². The molecule has 1 atom stereocenters. The third-order valence-electron chi connectivity index (χ3n) is 6.28. The second-order valence-corrected chi connectivity index (χ2v) is 10.6. The third kappa shape index (κ3) is 4.76. The summed E-state index contributed by atoms with van der Waals surface area (Å²) in [5.74, 6) is 0.870. The van der Waals surface area contributed by atoms with Gasteiger partial charge in [-0.15, -0.1) is 0 Å². The van der Waals surface area contributed by atoms with Gasteiger partial charge in [0.1, 0.15) is 5.75 Å². The van der Waals surface area contributed by atoms with Crippen molar-refractivity contribution in [3.8, 4) is 5.75 Å². The summed E-state index contributed by atoms with van der Waals surface area (Å²) in [6.45, 7) is 5.92. The molecule has 7 nitrogen and oxygen atoms in total. The van der Waals surface area contributed by atoms with Gasteiger partial charge in [0.25, 0.3) is 5.91 Å². The van der Waals surface area contributed by atoms with Crippen LogP contribution in [0.1, 0.15) is 34.8 Å². The molecule has 0 saturated carbocycles. The Bertz CT molecular complexity index is 1080. The Hall–Kier alpha value is -2.58. The molecule has 0 bridgehead atoms. The maximum absolute atomic E-state index is 13.2. The molecule has 1 unspecified atom stereocenters. The molecule has 2 aromatic carbocycles. The molecular formula is C24H31N3O4S. The summed E-state index contributed by atoms with van der Waals surface area (Å²) >= 11 is 0. The molecule has 0 N–H and O–H groups in total. The summed E-state index contributed by atoms with van der Waals surface area (Å²) in [6.07, 6.45) is 2.78. The van der Waals surface area contributed by atoms with Crippen LogP contribution in [-0.4, -0.2) is 69.7 Å². The lowest BCUT2D eigenvalue weighted by Gasteiger charge is -2.23. The number of hydrogen-bond donors (Lipinski definition) is 0. The molecule has 1 amide bonds. The van der Waals surface area contributed by atoms with Crippen molar-refractivity contribution >= 4 is 21.6 Å². The van der Waals surface area contributed by atoms with Gasteiger partial charge in [-0.25, -0.2) is 8.42 Å². The fraction of sp³-hybridized carbons (Fsp3) is 0.458. The van der Waals surface area contributed by atoms with Crippen LogP contribution in [0.4, 0.5) is 5.69 Å². The maximum Gasteiger partial charge on any atom is 0.253 e. The van der Waals surface area contributed by atoms with Gasteiger partial charge in [-0.3, -0.25) is 14.0 Å². The lowest BCUT2D eigenvalue weighted by atomic mass is 10.1. The van der Waals surface area contributed by atoms with Crippen LogP contribution >= 0.6 is 0 Å². The van der Waals surface area contributed by atoms with Gasteiger partial charge >= 0.3 is 0 Å². The lowest BCUT2D eigenvalue weighted by molar-refractivity contribution is 0.0761. The normalized spacial score (nSPS) is 19.5. The van der Waals surface area contributed by atoms with Crippen LogP contribution in [0.2, 0.25) is 0 Å². The Morgan fingerprint density at radius 2 is 1.81 bits per heavy atom. The van der Waals surface area contributed by atoms with Gasteiger partial charge in [0.2, 0.25) is 10.0 Å². The van der Waals surface area contributed by atoms with Gasteiger partial charge in [-0.2, -0.15) is 0 Å². The molecule has 8 heteroatoms. The highest BCUT2D eigenvalue weighted by molar-refractivity contribution is 7.92. The quantitative estimate of drug-likeness (QED) is 0.691. The largest absolute Gasteiger partial charge is 0.497 e. The number of carbonyl (C=O) groups excluding carboxylic acids is 1. The second-order valence-electron chi connectivity index (χ2n) is 8.73. The number of rotatable bonds is 5. The molecule has 172 valence electrons. The predicted octanol–water partition coefficient (Wildman–Crippen LogP) is 2.75. The number of nitrogens with zero attached hydrogens (tertiary/aromatic N) is 3. The van der Waals surface area contributed by atoms with E-state index >= 15 is 0 Å². The van der Waals surface area contributed by atoms with Gasteiger partial charge in [0, 0.05) is 44.3 Å². The van der Waals surface area contributed by atoms with Gasteiger partial charge in [-0.05, 0) is 61.2 Å². The molecule has 1 fully saturated rings. The molecule has 1 saturated heterocycles. The highest BCUT2D eigenvalue weighted by Crippen LogP contribution is 2.35. The molecule has 2 aliphatic heterocycles. The summed E-state index contributed by atoms with van der Waals surface area (Å²) in [6, 6.07) is 13.4. The number of benzene rings is 2. The van der Waals surface area contributed by atoms with E-state index in [1.54, 1.807) is 19.2 Å². The molecule has 4 rings (SSSR count).